The standard InChI is InChI=1S/C25H21NO5S/c1-15-10-11-18-17(13-22(27)31-23(18)16(15)2)14-30-25(29)19-7-4-5-8-20(19)26(3)24(28)21-9-6-12-32-21/h4-13H,14H2,1-3H3. The number of nitrogens with zero attached hydrogens (tertiary/aromatic N) is 1. The summed E-state index contributed by atoms with van der Waals surface area (Å²) < 4.78 is 10.9. The van der Waals surface area contributed by atoms with E-state index in [2.05, 4.69) is 0 Å². The summed E-state index contributed by atoms with van der Waals surface area (Å²) in [6.45, 7) is 3.72. The first-order valence-corrected chi connectivity index (χ1v) is 10.9. The largest absolute Gasteiger partial charge is 0.457 e. The maximum absolute atomic E-state index is 12.9. The Morgan fingerprint density at radius 1 is 1.06 bits per heavy atom. The molecule has 0 bridgehead atoms. The van der Waals surface area contributed by atoms with E-state index in [-0.39, 0.29) is 18.1 Å². The average molecular weight is 448 g/mol. The molecule has 2 heterocycles. The van der Waals surface area contributed by atoms with Gasteiger partial charge in [-0.1, -0.05) is 30.3 Å². The Morgan fingerprint density at radius 2 is 1.84 bits per heavy atom. The number of hydrogen-bond donors (Lipinski definition) is 0. The number of carbonyl (C=O) groups excluding carboxylic acids is 2. The highest BCUT2D eigenvalue weighted by atomic mass is 32.1. The molecule has 0 saturated carbocycles. The number of aryl methyl sites for hydroxylation is 2. The highest BCUT2D eigenvalue weighted by Gasteiger charge is 2.21. The van der Waals surface area contributed by atoms with Gasteiger partial charge in [-0.3, -0.25) is 4.79 Å². The van der Waals surface area contributed by atoms with Crippen molar-refractivity contribution >= 4 is 39.9 Å². The first-order valence-electron chi connectivity index (χ1n) is 9.97. The van der Waals surface area contributed by atoms with Crippen molar-refractivity contribution in [3.05, 3.63) is 97.5 Å². The van der Waals surface area contributed by atoms with Crippen molar-refractivity contribution in [2.24, 2.45) is 0 Å². The molecule has 1 amide bonds. The molecule has 7 heteroatoms. The van der Waals surface area contributed by atoms with Gasteiger partial charge in [-0.15, -0.1) is 11.3 Å². The topological polar surface area (TPSA) is 76.8 Å². The number of carbonyl (C=O) groups is 2. The Balaban J connectivity index is 1.61. The van der Waals surface area contributed by atoms with E-state index in [0.29, 0.717) is 21.7 Å². The van der Waals surface area contributed by atoms with Crippen molar-refractivity contribution in [2.45, 2.75) is 20.5 Å². The molecule has 0 aliphatic carbocycles. The second-order valence-electron chi connectivity index (χ2n) is 7.41. The molecule has 32 heavy (non-hydrogen) atoms. The first-order chi connectivity index (χ1) is 15.4. The highest BCUT2D eigenvalue weighted by Crippen LogP contribution is 2.26. The van der Waals surface area contributed by atoms with E-state index in [1.54, 1.807) is 43.4 Å². The van der Waals surface area contributed by atoms with E-state index in [0.717, 1.165) is 16.5 Å². The molecule has 4 aromatic rings. The Morgan fingerprint density at radius 3 is 2.59 bits per heavy atom. The summed E-state index contributed by atoms with van der Waals surface area (Å²) in [5.74, 6) is -0.797. The van der Waals surface area contributed by atoms with E-state index in [4.69, 9.17) is 9.15 Å². The van der Waals surface area contributed by atoms with Crippen LogP contribution in [0.1, 0.15) is 36.7 Å². The fourth-order valence-electron chi connectivity index (χ4n) is 3.48. The zero-order chi connectivity index (χ0) is 22.8. The van der Waals surface area contributed by atoms with E-state index in [9.17, 15) is 14.4 Å². The molecule has 2 aromatic carbocycles. The van der Waals surface area contributed by atoms with Gasteiger partial charge in [-0.25, -0.2) is 9.59 Å². The van der Waals surface area contributed by atoms with Crippen LogP contribution in [0.5, 0.6) is 0 Å². The summed E-state index contributed by atoms with van der Waals surface area (Å²) in [6, 6.07) is 15.4. The highest BCUT2D eigenvalue weighted by molar-refractivity contribution is 7.12. The zero-order valence-corrected chi connectivity index (χ0v) is 18.7. The quantitative estimate of drug-likeness (QED) is 0.314. The summed E-state index contributed by atoms with van der Waals surface area (Å²) in [4.78, 5) is 39.7. The van der Waals surface area contributed by atoms with E-state index >= 15 is 0 Å². The number of anilines is 1. The minimum Gasteiger partial charge on any atom is -0.457 e. The van der Waals surface area contributed by atoms with Gasteiger partial charge in [0.05, 0.1) is 16.1 Å². The molecule has 0 atom stereocenters. The Labute approximate surface area is 188 Å². The monoisotopic (exact) mass is 447 g/mol. The second-order valence-corrected chi connectivity index (χ2v) is 8.36. The molecule has 0 aliphatic heterocycles. The number of para-hydroxylation sites is 1. The third-order valence-corrected chi connectivity index (χ3v) is 6.26. The maximum Gasteiger partial charge on any atom is 0.340 e. The van der Waals surface area contributed by atoms with Gasteiger partial charge in [0.2, 0.25) is 0 Å². The Bertz CT molecular complexity index is 1370. The van der Waals surface area contributed by atoms with Crippen LogP contribution in [0.2, 0.25) is 0 Å². The van der Waals surface area contributed by atoms with E-state index in [1.807, 2.05) is 31.4 Å². The molecule has 0 spiro atoms. The lowest BCUT2D eigenvalue weighted by Crippen LogP contribution is -2.27. The minimum atomic E-state index is -0.586. The molecule has 0 saturated heterocycles. The summed E-state index contributed by atoms with van der Waals surface area (Å²) in [5.41, 5.74) is 3.13. The molecular formula is C25H21NO5S. The van der Waals surface area contributed by atoms with Crippen LogP contribution < -0.4 is 10.5 Å². The van der Waals surface area contributed by atoms with Gasteiger partial charge in [0, 0.05) is 24.1 Å². The number of rotatable bonds is 5. The zero-order valence-electron chi connectivity index (χ0n) is 17.9. The van der Waals surface area contributed by atoms with Crippen molar-refractivity contribution in [3.63, 3.8) is 0 Å². The van der Waals surface area contributed by atoms with Gasteiger partial charge in [-0.05, 0) is 48.6 Å². The predicted octanol–water partition coefficient (Wildman–Crippen LogP) is 5.10. The van der Waals surface area contributed by atoms with Crippen LogP contribution in [0.4, 0.5) is 5.69 Å². The SMILES string of the molecule is Cc1ccc2c(COC(=O)c3ccccc3N(C)C(=O)c3cccs3)cc(=O)oc2c1C. The van der Waals surface area contributed by atoms with Crippen molar-refractivity contribution < 1.29 is 18.7 Å². The third-order valence-electron chi connectivity index (χ3n) is 5.40. The van der Waals surface area contributed by atoms with Crippen molar-refractivity contribution in [3.8, 4) is 0 Å². The summed E-state index contributed by atoms with van der Waals surface area (Å²) >= 11 is 1.33. The molecule has 0 unspecified atom stereocenters. The van der Waals surface area contributed by atoms with Gasteiger partial charge >= 0.3 is 11.6 Å². The van der Waals surface area contributed by atoms with Gasteiger partial charge < -0.3 is 14.1 Å². The predicted molar refractivity (Wildman–Crippen MR) is 125 cm³/mol. The molecule has 0 N–H and O–H groups in total. The number of thiophene rings is 1. The van der Waals surface area contributed by atoms with Gasteiger partial charge in [0.15, 0.2) is 0 Å². The first kappa shape index (κ1) is 21.5. The smallest absolute Gasteiger partial charge is 0.340 e. The van der Waals surface area contributed by atoms with Crippen LogP contribution >= 0.6 is 11.3 Å². The van der Waals surface area contributed by atoms with Crippen LogP contribution in [-0.4, -0.2) is 18.9 Å². The van der Waals surface area contributed by atoms with Crippen LogP contribution in [0.15, 0.2) is 69.2 Å². The number of fused-ring (bicyclic) bond motifs is 1. The number of benzene rings is 2. The number of hydrogen-bond acceptors (Lipinski definition) is 6. The summed E-state index contributed by atoms with van der Waals surface area (Å²) in [7, 11) is 1.62. The molecule has 0 radical (unpaired) electrons. The molecular weight excluding hydrogens is 426 g/mol. The molecule has 0 fully saturated rings. The minimum absolute atomic E-state index is 0.0969. The van der Waals surface area contributed by atoms with E-state index in [1.165, 1.54) is 22.3 Å². The summed E-state index contributed by atoms with van der Waals surface area (Å²) in [5, 5.41) is 2.55. The fourth-order valence-corrected chi connectivity index (χ4v) is 4.18. The molecule has 6 nitrogen and oxygen atoms in total. The molecule has 4 rings (SSSR count). The third kappa shape index (κ3) is 4.07. The lowest BCUT2D eigenvalue weighted by Gasteiger charge is -2.19. The van der Waals surface area contributed by atoms with Crippen molar-refractivity contribution in [1.82, 2.24) is 0 Å². The van der Waals surface area contributed by atoms with Gasteiger partial charge in [0.25, 0.3) is 5.91 Å². The molecule has 2 aromatic heterocycles. The van der Waals surface area contributed by atoms with Crippen LogP contribution in [0.3, 0.4) is 0 Å². The fraction of sp³-hybridized carbons (Fsp3) is 0.160. The van der Waals surface area contributed by atoms with Crippen LogP contribution in [0, 0.1) is 13.8 Å². The number of esters is 1. The van der Waals surface area contributed by atoms with Crippen molar-refractivity contribution in [2.75, 3.05) is 11.9 Å². The molecule has 0 aliphatic rings. The van der Waals surface area contributed by atoms with Crippen molar-refractivity contribution in [1.29, 1.82) is 0 Å². The number of ether oxygens (including phenoxy) is 1. The summed E-state index contributed by atoms with van der Waals surface area (Å²) in [6.07, 6.45) is 0. The van der Waals surface area contributed by atoms with Crippen LogP contribution in [-0.2, 0) is 11.3 Å². The Hall–Kier alpha value is -3.71. The number of amides is 1. The van der Waals surface area contributed by atoms with Gasteiger partial charge in [-0.2, -0.15) is 0 Å². The Kier molecular flexibility index (Phi) is 5.92. The van der Waals surface area contributed by atoms with Gasteiger partial charge in [0.1, 0.15) is 12.2 Å². The molecule has 162 valence electrons. The average Bonchev–Trinajstić information content (AvgIpc) is 3.34. The lowest BCUT2D eigenvalue weighted by molar-refractivity contribution is 0.0474. The van der Waals surface area contributed by atoms with Crippen LogP contribution in [0.25, 0.3) is 11.0 Å². The second kappa shape index (κ2) is 8.80. The normalized spacial score (nSPS) is 10.8. The van der Waals surface area contributed by atoms with E-state index < -0.39 is 11.6 Å². The maximum atomic E-state index is 12.9. The lowest BCUT2D eigenvalue weighted by atomic mass is 10.0.